The number of hydrogen-bond acceptors (Lipinski definition) is 5. The van der Waals surface area contributed by atoms with Crippen molar-refractivity contribution in [1.82, 2.24) is 9.97 Å². The summed E-state index contributed by atoms with van der Waals surface area (Å²) in [6.45, 7) is 0.0765. The molecule has 1 aromatic carbocycles. The van der Waals surface area contributed by atoms with Crippen molar-refractivity contribution in [2.45, 2.75) is 6.42 Å². The molecular weight excluding hydrogens is 310 g/mol. The maximum absolute atomic E-state index is 9.05. The largest absolute Gasteiger partial charge is 0.437 e. The molecule has 100 valence electrons. The molecule has 0 atom stereocenters. The van der Waals surface area contributed by atoms with Crippen LogP contribution in [0.25, 0.3) is 0 Å². The lowest BCUT2D eigenvalue weighted by molar-refractivity contribution is 0.297. The number of rotatable bonds is 5. The molecule has 0 saturated heterocycles. The maximum atomic E-state index is 9.05. The highest BCUT2D eigenvalue weighted by Gasteiger charge is 2.11. The van der Waals surface area contributed by atoms with E-state index < -0.39 is 0 Å². The highest BCUT2D eigenvalue weighted by Crippen LogP contribution is 2.32. The van der Waals surface area contributed by atoms with Gasteiger partial charge in [0.15, 0.2) is 0 Å². The van der Waals surface area contributed by atoms with E-state index in [1.165, 1.54) is 6.33 Å². The SMILES string of the molecule is CNc1ncnc(Oc2ccccc2CCO)c1Br. The molecule has 0 aliphatic carbocycles. The van der Waals surface area contributed by atoms with Gasteiger partial charge in [-0.2, -0.15) is 0 Å². The third kappa shape index (κ3) is 3.21. The number of ether oxygens (including phenoxy) is 1. The van der Waals surface area contributed by atoms with E-state index in [4.69, 9.17) is 9.84 Å². The van der Waals surface area contributed by atoms with Crippen molar-refractivity contribution in [2.75, 3.05) is 19.0 Å². The molecule has 0 unspecified atom stereocenters. The first kappa shape index (κ1) is 13.8. The minimum absolute atomic E-state index is 0.0765. The second kappa shape index (κ2) is 6.49. The molecule has 0 aliphatic rings. The number of aromatic nitrogens is 2. The van der Waals surface area contributed by atoms with Gasteiger partial charge in [-0.1, -0.05) is 18.2 Å². The fraction of sp³-hybridized carbons (Fsp3) is 0.231. The third-order valence-electron chi connectivity index (χ3n) is 2.55. The van der Waals surface area contributed by atoms with E-state index in [0.717, 1.165) is 5.56 Å². The van der Waals surface area contributed by atoms with E-state index in [9.17, 15) is 0 Å². The third-order valence-corrected chi connectivity index (χ3v) is 3.27. The molecule has 19 heavy (non-hydrogen) atoms. The number of nitrogens with one attached hydrogen (secondary N) is 1. The van der Waals surface area contributed by atoms with Crippen LogP contribution < -0.4 is 10.1 Å². The minimum atomic E-state index is 0.0765. The number of aliphatic hydroxyl groups excluding tert-OH is 1. The summed E-state index contributed by atoms with van der Waals surface area (Å²) in [6, 6.07) is 7.55. The van der Waals surface area contributed by atoms with Gasteiger partial charge in [-0.25, -0.2) is 9.97 Å². The normalized spacial score (nSPS) is 10.3. The Morgan fingerprint density at radius 1 is 1.32 bits per heavy atom. The first-order valence-electron chi connectivity index (χ1n) is 5.81. The highest BCUT2D eigenvalue weighted by atomic mass is 79.9. The van der Waals surface area contributed by atoms with Gasteiger partial charge in [-0.05, 0) is 34.0 Å². The number of benzene rings is 1. The first-order valence-corrected chi connectivity index (χ1v) is 6.60. The van der Waals surface area contributed by atoms with E-state index in [0.29, 0.717) is 28.3 Å². The lowest BCUT2D eigenvalue weighted by atomic mass is 10.1. The summed E-state index contributed by atoms with van der Waals surface area (Å²) in [5.41, 5.74) is 0.932. The monoisotopic (exact) mass is 323 g/mol. The highest BCUT2D eigenvalue weighted by molar-refractivity contribution is 9.10. The standard InChI is InChI=1S/C13H14BrN3O2/c1-15-12-11(14)13(17-8-16-12)19-10-5-3-2-4-9(10)6-7-18/h2-5,8,18H,6-7H2,1H3,(H,15,16,17). The van der Waals surface area contributed by atoms with Gasteiger partial charge in [-0.3, -0.25) is 0 Å². The molecule has 1 aromatic heterocycles. The van der Waals surface area contributed by atoms with Gasteiger partial charge in [0.05, 0.1) is 0 Å². The topological polar surface area (TPSA) is 67.3 Å². The van der Waals surface area contributed by atoms with Crippen LogP contribution in [0.3, 0.4) is 0 Å². The smallest absolute Gasteiger partial charge is 0.238 e. The second-order valence-electron chi connectivity index (χ2n) is 3.77. The predicted molar refractivity (Wildman–Crippen MR) is 76.6 cm³/mol. The molecule has 0 amide bonds. The van der Waals surface area contributed by atoms with Crippen molar-refractivity contribution >= 4 is 21.7 Å². The number of anilines is 1. The van der Waals surface area contributed by atoms with Crippen LogP contribution in [-0.2, 0) is 6.42 Å². The Morgan fingerprint density at radius 2 is 2.11 bits per heavy atom. The fourth-order valence-electron chi connectivity index (χ4n) is 1.63. The van der Waals surface area contributed by atoms with Crippen LogP contribution in [0.1, 0.15) is 5.56 Å². The summed E-state index contributed by atoms with van der Waals surface area (Å²) in [5.74, 6) is 1.77. The quantitative estimate of drug-likeness (QED) is 0.885. The van der Waals surface area contributed by atoms with Gasteiger partial charge in [0.1, 0.15) is 22.4 Å². The Labute approximate surface area is 119 Å². The summed E-state index contributed by atoms with van der Waals surface area (Å²) in [6.07, 6.45) is 1.97. The van der Waals surface area contributed by atoms with Crippen LogP contribution >= 0.6 is 15.9 Å². The molecule has 5 nitrogen and oxygen atoms in total. The molecule has 2 N–H and O–H groups in total. The molecule has 0 spiro atoms. The van der Waals surface area contributed by atoms with E-state index in [1.54, 1.807) is 7.05 Å². The zero-order chi connectivity index (χ0) is 13.7. The van der Waals surface area contributed by atoms with Gasteiger partial charge in [-0.15, -0.1) is 0 Å². The number of aliphatic hydroxyl groups is 1. The molecular formula is C13H14BrN3O2. The summed E-state index contributed by atoms with van der Waals surface area (Å²) in [7, 11) is 1.77. The van der Waals surface area contributed by atoms with Crippen molar-refractivity contribution in [3.63, 3.8) is 0 Å². The molecule has 0 aliphatic heterocycles. The molecule has 1 heterocycles. The maximum Gasteiger partial charge on any atom is 0.238 e. The first-order chi connectivity index (χ1) is 9.26. The minimum Gasteiger partial charge on any atom is -0.437 e. The van der Waals surface area contributed by atoms with Crippen LogP contribution in [0, 0.1) is 0 Å². The van der Waals surface area contributed by atoms with Gasteiger partial charge in [0.2, 0.25) is 5.88 Å². The Hall–Kier alpha value is -1.66. The Kier molecular flexibility index (Phi) is 4.70. The van der Waals surface area contributed by atoms with Crippen molar-refractivity contribution in [2.24, 2.45) is 0 Å². The van der Waals surface area contributed by atoms with E-state index in [-0.39, 0.29) is 6.61 Å². The van der Waals surface area contributed by atoms with Crippen LogP contribution in [-0.4, -0.2) is 28.7 Å². The summed E-state index contributed by atoms with van der Waals surface area (Å²) >= 11 is 3.40. The summed E-state index contributed by atoms with van der Waals surface area (Å²) in [4.78, 5) is 8.17. The Morgan fingerprint density at radius 3 is 2.84 bits per heavy atom. The molecule has 0 fully saturated rings. The number of nitrogens with zero attached hydrogens (tertiary/aromatic N) is 2. The van der Waals surface area contributed by atoms with Gasteiger partial charge >= 0.3 is 0 Å². The van der Waals surface area contributed by atoms with Gasteiger partial charge in [0, 0.05) is 13.7 Å². The number of hydrogen-bond donors (Lipinski definition) is 2. The van der Waals surface area contributed by atoms with E-state index in [2.05, 4.69) is 31.2 Å². The summed E-state index contributed by atoms with van der Waals surface area (Å²) in [5, 5.41) is 12.0. The van der Waals surface area contributed by atoms with Gasteiger partial charge in [0.25, 0.3) is 0 Å². The van der Waals surface area contributed by atoms with Crippen LogP contribution in [0.4, 0.5) is 5.82 Å². The number of para-hydroxylation sites is 1. The van der Waals surface area contributed by atoms with Crippen molar-refractivity contribution in [3.8, 4) is 11.6 Å². The average Bonchev–Trinajstić information content (AvgIpc) is 2.43. The number of halogens is 1. The molecule has 2 rings (SSSR count). The molecule has 2 aromatic rings. The van der Waals surface area contributed by atoms with E-state index >= 15 is 0 Å². The summed E-state index contributed by atoms with van der Waals surface area (Å²) < 4.78 is 6.45. The fourth-order valence-corrected chi connectivity index (χ4v) is 2.12. The van der Waals surface area contributed by atoms with Crippen LogP contribution in [0.5, 0.6) is 11.6 Å². The molecule has 0 radical (unpaired) electrons. The van der Waals surface area contributed by atoms with Crippen LogP contribution in [0.2, 0.25) is 0 Å². The lowest BCUT2D eigenvalue weighted by Crippen LogP contribution is -2.00. The Bertz CT molecular complexity index is 563. The average molecular weight is 324 g/mol. The lowest BCUT2D eigenvalue weighted by Gasteiger charge is -2.11. The molecule has 6 heteroatoms. The van der Waals surface area contributed by atoms with Crippen molar-refractivity contribution in [3.05, 3.63) is 40.6 Å². The van der Waals surface area contributed by atoms with Crippen molar-refractivity contribution in [1.29, 1.82) is 0 Å². The Balaban J connectivity index is 2.31. The zero-order valence-corrected chi connectivity index (χ0v) is 12.0. The van der Waals surface area contributed by atoms with Gasteiger partial charge < -0.3 is 15.2 Å². The molecule has 0 saturated carbocycles. The zero-order valence-electron chi connectivity index (χ0n) is 10.4. The van der Waals surface area contributed by atoms with Crippen molar-refractivity contribution < 1.29 is 9.84 Å². The molecule has 0 bridgehead atoms. The predicted octanol–water partition coefficient (Wildman–Crippen LogP) is 2.61. The van der Waals surface area contributed by atoms with E-state index in [1.807, 2.05) is 24.3 Å². The van der Waals surface area contributed by atoms with Crippen LogP contribution in [0.15, 0.2) is 35.1 Å². The second-order valence-corrected chi connectivity index (χ2v) is 4.57.